The van der Waals surface area contributed by atoms with Crippen molar-refractivity contribution in [1.29, 1.82) is 0 Å². The second-order valence-electron chi connectivity index (χ2n) is 3.91. The number of carbonyl (C=O) groups excluding carboxylic acids is 2. The van der Waals surface area contributed by atoms with Gasteiger partial charge in [0.1, 0.15) is 11.7 Å². The molecule has 1 atom stereocenters. The van der Waals surface area contributed by atoms with E-state index in [4.69, 9.17) is 0 Å². The van der Waals surface area contributed by atoms with E-state index in [1.165, 1.54) is 0 Å². The summed E-state index contributed by atoms with van der Waals surface area (Å²) in [5, 5.41) is 5.29. The summed E-state index contributed by atoms with van der Waals surface area (Å²) < 4.78 is 0. The van der Waals surface area contributed by atoms with E-state index < -0.39 is 6.04 Å². The average Bonchev–Trinajstić information content (AvgIpc) is 2.34. The molecule has 1 aliphatic heterocycles. The van der Waals surface area contributed by atoms with Crippen LogP contribution in [-0.4, -0.2) is 17.9 Å². The first-order valence-corrected chi connectivity index (χ1v) is 5.52. The Labute approximate surface area is 99.7 Å². The van der Waals surface area contributed by atoms with Gasteiger partial charge in [-0.05, 0) is 12.5 Å². The fourth-order valence-corrected chi connectivity index (χ4v) is 1.77. The second kappa shape index (κ2) is 4.82. The molecule has 1 fully saturated rings. The first-order valence-electron chi connectivity index (χ1n) is 5.52. The van der Waals surface area contributed by atoms with Crippen LogP contribution in [0.15, 0.2) is 42.1 Å². The molecule has 0 spiro atoms. The third kappa shape index (κ3) is 2.53. The van der Waals surface area contributed by atoms with E-state index in [1.54, 1.807) is 13.0 Å². The van der Waals surface area contributed by atoms with Crippen LogP contribution in [0.3, 0.4) is 0 Å². The molecule has 2 amide bonds. The van der Waals surface area contributed by atoms with Gasteiger partial charge in [0, 0.05) is 6.42 Å². The fourth-order valence-electron chi connectivity index (χ4n) is 1.77. The van der Waals surface area contributed by atoms with Gasteiger partial charge in [0.05, 0.1) is 0 Å². The Morgan fingerprint density at radius 1 is 1.24 bits per heavy atom. The molecule has 0 bridgehead atoms. The van der Waals surface area contributed by atoms with Crippen molar-refractivity contribution in [3.05, 3.63) is 47.7 Å². The van der Waals surface area contributed by atoms with Crippen molar-refractivity contribution in [2.75, 3.05) is 0 Å². The summed E-state index contributed by atoms with van der Waals surface area (Å²) in [7, 11) is 0. The Morgan fingerprint density at radius 3 is 2.59 bits per heavy atom. The summed E-state index contributed by atoms with van der Waals surface area (Å²) in [4.78, 5) is 23.3. The molecule has 1 aromatic rings. The molecular weight excluding hydrogens is 216 g/mol. The molecule has 88 valence electrons. The highest BCUT2D eigenvalue weighted by Crippen LogP contribution is 2.07. The Kier molecular flexibility index (Phi) is 3.23. The van der Waals surface area contributed by atoms with Crippen molar-refractivity contribution < 1.29 is 9.59 Å². The van der Waals surface area contributed by atoms with Crippen LogP contribution in [0.4, 0.5) is 0 Å². The van der Waals surface area contributed by atoms with Gasteiger partial charge in [-0.25, -0.2) is 0 Å². The number of allylic oxidation sites excluding steroid dienone is 1. The van der Waals surface area contributed by atoms with Gasteiger partial charge in [0.25, 0.3) is 5.91 Å². The molecular formula is C13H14N2O2. The first-order chi connectivity index (χ1) is 8.20. The second-order valence-corrected chi connectivity index (χ2v) is 3.91. The van der Waals surface area contributed by atoms with Crippen LogP contribution in [0, 0.1) is 0 Å². The van der Waals surface area contributed by atoms with Gasteiger partial charge in [0.2, 0.25) is 5.91 Å². The Bertz CT molecular complexity index is 466. The maximum atomic E-state index is 11.7. The maximum Gasteiger partial charge on any atom is 0.268 e. The lowest BCUT2D eigenvalue weighted by atomic mass is 10.0. The largest absolute Gasteiger partial charge is 0.339 e. The van der Waals surface area contributed by atoms with Crippen molar-refractivity contribution in [3.8, 4) is 0 Å². The molecule has 4 heteroatoms. The van der Waals surface area contributed by atoms with Gasteiger partial charge < -0.3 is 10.6 Å². The Morgan fingerprint density at radius 2 is 1.94 bits per heavy atom. The minimum Gasteiger partial charge on any atom is -0.339 e. The third-order valence-electron chi connectivity index (χ3n) is 2.70. The fraction of sp³-hybridized carbons (Fsp3) is 0.231. The summed E-state index contributed by atoms with van der Waals surface area (Å²) in [6.07, 6.45) is 2.10. The maximum absolute atomic E-state index is 11.7. The quantitative estimate of drug-likeness (QED) is 0.736. The normalized spacial score (nSPS) is 22.2. The van der Waals surface area contributed by atoms with E-state index in [1.807, 2.05) is 30.3 Å². The Hall–Kier alpha value is -2.10. The highest BCUT2D eigenvalue weighted by molar-refractivity contribution is 6.04. The minimum atomic E-state index is -0.492. The molecule has 0 aliphatic carbocycles. The third-order valence-corrected chi connectivity index (χ3v) is 2.70. The van der Waals surface area contributed by atoms with Crippen molar-refractivity contribution in [3.63, 3.8) is 0 Å². The number of hydrogen-bond acceptors (Lipinski definition) is 2. The molecule has 1 aliphatic rings. The van der Waals surface area contributed by atoms with Gasteiger partial charge in [-0.1, -0.05) is 36.4 Å². The molecule has 4 nitrogen and oxygen atoms in total. The predicted octanol–water partition coefficient (Wildman–Crippen LogP) is 0.747. The molecule has 17 heavy (non-hydrogen) atoms. The minimum absolute atomic E-state index is 0.165. The molecule has 1 aromatic carbocycles. The molecule has 2 N–H and O–H groups in total. The van der Waals surface area contributed by atoms with E-state index in [0.29, 0.717) is 12.1 Å². The van der Waals surface area contributed by atoms with E-state index >= 15 is 0 Å². The van der Waals surface area contributed by atoms with Crippen molar-refractivity contribution >= 4 is 11.8 Å². The van der Waals surface area contributed by atoms with Crippen LogP contribution in [0.1, 0.15) is 12.5 Å². The lowest BCUT2D eigenvalue weighted by molar-refractivity contribution is -0.131. The summed E-state index contributed by atoms with van der Waals surface area (Å²) in [6, 6.07) is 9.12. The van der Waals surface area contributed by atoms with Gasteiger partial charge >= 0.3 is 0 Å². The zero-order valence-electron chi connectivity index (χ0n) is 9.57. The molecule has 1 heterocycles. The van der Waals surface area contributed by atoms with Gasteiger partial charge in [-0.3, -0.25) is 9.59 Å². The SMILES string of the molecule is C/C=C1/NC(=O)C(Cc2ccccc2)NC1=O. The van der Waals surface area contributed by atoms with Crippen LogP contribution in [0.2, 0.25) is 0 Å². The van der Waals surface area contributed by atoms with E-state index in [-0.39, 0.29) is 11.8 Å². The number of piperazine rings is 1. The summed E-state index contributed by atoms with van der Waals surface area (Å²) in [5.41, 5.74) is 1.34. The number of rotatable bonds is 2. The average molecular weight is 230 g/mol. The van der Waals surface area contributed by atoms with Gasteiger partial charge in [-0.2, -0.15) is 0 Å². The van der Waals surface area contributed by atoms with Crippen LogP contribution in [-0.2, 0) is 16.0 Å². The Balaban J connectivity index is 2.09. The van der Waals surface area contributed by atoms with Crippen molar-refractivity contribution in [2.45, 2.75) is 19.4 Å². The van der Waals surface area contributed by atoms with Crippen molar-refractivity contribution in [2.24, 2.45) is 0 Å². The summed E-state index contributed by atoms with van der Waals surface area (Å²) in [5.74, 6) is -0.394. The van der Waals surface area contributed by atoms with Crippen LogP contribution in [0.5, 0.6) is 0 Å². The zero-order chi connectivity index (χ0) is 12.3. The lowest BCUT2D eigenvalue weighted by Gasteiger charge is -2.24. The summed E-state index contributed by atoms with van der Waals surface area (Å²) >= 11 is 0. The number of carbonyl (C=O) groups is 2. The van der Waals surface area contributed by atoms with Crippen LogP contribution >= 0.6 is 0 Å². The highest BCUT2D eigenvalue weighted by Gasteiger charge is 2.28. The number of benzene rings is 1. The predicted molar refractivity (Wildman–Crippen MR) is 64.0 cm³/mol. The van der Waals surface area contributed by atoms with Crippen LogP contribution in [0.25, 0.3) is 0 Å². The first kappa shape index (κ1) is 11.4. The molecule has 0 saturated carbocycles. The molecule has 1 unspecified atom stereocenters. The summed E-state index contributed by atoms with van der Waals surface area (Å²) in [6.45, 7) is 1.71. The zero-order valence-corrected chi connectivity index (χ0v) is 9.57. The lowest BCUT2D eigenvalue weighted by Crippen LogP contribution is -2.55. The van der Waals surface area contributed by atoms with Gasteiger partial charge in [-0.15, -0.1) is 0 Å². The molecule has 2 rings (SSSR count). The van der Waals surface area contributed by atoms with E-state index in [2.05, 4.69) is 10.6 Å². The highest BCUT2D eigenvalue weighted by atomic mass is 16.2. The molecule has 0 aromatic heterocycles. The molecule has 1 saturated heterocycles. The molecule has 0 radical (unpaired) electrons. The van der Waals surface area contributed by atoms with E-state index in [9.17, 15) is 9.59 Å². The van der Waals surface area contributed by atoms with Crippen molar-refractivity contribution in [1.82, 2.24) is 10.6 Å². The number of amides is 2. The standard InChI is InChI=1S/C13H14N2O2/c1-2-10-12(16)15-11(13(17)14-10)8-9-6-4-3-5-7-9/h2-7,11H,8H2,1H3,(H,14,17)(H,15,16)/b10-2+. The number of nitrogens with one attached hydrogen (secondary N) is 2. The number of hydrogen-bond donors (Lipinski definition) is 2. The van der Waals surface area contributed by atoms with Crippen LogP contribution < -0.4 is 10.6 Å². The smallest absolute Gasteiger partial charge is 0.268 e. The van der Waals surface area contributed by atoms with Gasteiger partial charge in [0.15, 0.2) is 0 Å². The van der Waals surface area contributed by atoms with E-state index in [0.717, 1.165) is 5.56 Å². The topological polar surface area (TPSA) is 58.2 Å². The monoisotopic (exact) mass is 230 g/mol.